The minimum Gasteiger partial charge on any atom is -0.508 e. The summed E-state index contributed by atoms with van der Waals surface area (Å²) in [4.78, 5) is 12.5. The van der Waals surface area contributed by atoms with Crippen LogP contribution in [0.15, 0.2) is 30.3 Å². The lowest BCUT2D eigenvalue weighted by atomic mass is 9.89. The highest BCUT2D eigenvalue weighted by molar-refractivity contribution is 6.04. The highest BCUT2D eigenvalue weighted by Gasteiger charge is 2.32. The maximum atomic E-state index is 12.5. The van der Waals surface area contributed by atoms with Crippen LogP contribution in [0, 0.1) is 5.92 Å². The molecule has 0 spiro atoms. The van der Waals surface area contributed by atoms with Gasteiger partial charge in [-0.1, -0.05) is 6.07 Å². The standard InChI is InChI=1S/C16H14O6/c17-10-5-13(20)15-14(6-10)22-7-9(16(15)21)3-8-1-2-11(18)12(19)4-8/h1-2,4-6,9,17-20H,3,7H2/t9-/m0/s1. The van der Waals surface area contributed by atoms with E-state index in [-0.39, 0.29) is 46.7 Å². The first-order chi connectivity index (χ1) is 10.5. The molecular weight excluding hydrogens is 288 g/mol. The van der Waals surface area contributed by atoms with Gasteiger partial charge in [0.25, 0.3) is 0 Å². The minimum atomic E-state index is -0.521. The number of phenolic OH excluding ortho intramolecular Hbond substituents is 4. The second-order valence-electron chi connectivity index (χ2n) is 5.24. The van der Waals surface area contributed by atoms with Gasteiger partial charge in [-0.2, -0.15) is 0 Å². The fourth-order valence-corrected chi connectivity index (χ4v) is 2.55. The van der Waals surface area contributed by atoms with Crippen molar-refractivity contribution in [3.05, 3.63) is 41.5 Å². The maximum absolute atomic E-state index is 12.5. The molecule has 0 fully saturated rings. The van der Waals surface area contributed by atoms with Crippen LogP contribution in [0.4, 0.5) is 0 Å². The van der Waals surface area contributed by atoms with Crippen molar-refractivity contribution in [1.29, 1.82) is 0 Å². The van der Waals surface area contributed by atoms with Crippen LogP contribution >= 0.6 is 0 Å². The molecule has 3 rings (SSSR count). The van der Waals surface area contributed by atoms with Crippen LogP contribution in [0.5, 0.6) is 28.7 Å². The van der Waals surface area contributed by atoms with Crippen LogP contribution in [0.25, 0.3) is 0 Å². The third-order valence-corrected chi connectivity index (χ3v) is 3.65. The Labute approximate surface area is 125 Å². The number of phenols is 4. The lowest BCUT2D eigenvalue weighted by Crippen LogP contribution is -2.29. The monoisotopic (exact) mass is 302 g/mol. The number of fused-ring (bicyclic) bond motifs is 1. The summed E-state index contributed by atoms with van der Waals surface area (Å²) in [6.07, 6.45) is 0.298. The van der Waals surface area contributed by atoms with Crippen molar-refractivity contribution in [2.24, 2.45) is 5.92 Å². The molecule has 0 aromatic heterocycles. The number of ether oxygens (including phenoxy) is 1. The predicted octanol–water partition coefficient (Wildman–Crippen LogP) is 1.94. The first kappa shape index (κ1) is 14.1. The molecule has 0 unspecified atom stereocenters. The molecule has 6 heteroatoms. The normalized spacial score (nSPS) is 16.9. The van der Waals surface area contributed by atoms with E-state index < -0.39 is 5.92 Å². The van der Waals surface area contributed by atoms with Gasteiger partial charge in [0.2, 0.25) is 0 Å². The molecule has 1 aliphatic heterocycles. The van der Waals surface area contributed by atoms with Crippen molar-refractivity contribution in [3.8, 4) is 28.7 Å². The molecule has 1 atom stereocenters. The number of carbonyl (C=O) groups excluding carboxylic acids is 1. The summed E-state index contributed by atoms with van der Waals surface area (Å²) in [5.41, 5.74) is 0.719. The number of aromatic hydroxyl groups is 4. The van der Waals surface area contributed by atoms with Gasteiger partial charge in [-0.15, -0.1) is 0 Å². The molecule has 0 aliphatic carbocycles. The Kier molecular flexibility index (Phi) is 3.29. The van der Waals surface area contributed by atoms with Crippen molar-refractivity contribution in [3.63, 3.8) is 0 Å². The molecule has 0 radical (unpaired) electrons. The summed E-state index contributed by atoms with van der Waals surface area (Å²) < 4.78 is 5.44. The van der Waals surface area contributed by atoms with Gasteiger partial charge in [0.15, 0.2) is 17.3 Å². The summed E-state index contributed by atoms with van der Waals surface area (Å²) in [6, 6.07) is 6.72. The Morgan fingerprint density at radius 1 is 1.00 bits per heavy atom. The van der Waals surface area contributed by atoms with Crippen molar-refractivity contribution in [2.45, 2.75) is 6.42 Å². The molecule has 0 bridgehead atoms. The van der Waals surface area contributed by atoms with E-state index in [9.17, 15) is 25.2 Å². The van der Waals surface area contributed by atoms with E-state index in [2.05, 4.69) is 0 Å². The summed E-state index contributed by atoms with van der Waals surface area (Å²) >= 11 is 0. The molecule has 4 N–H and O–H groups in total. The fraction of sp³-hybridized carbons (Fsp3) is 0.188. The van der Waals surface area contributed by atoms with E-state index in [1.54, 1.807) is 6.07 Å². The number of ketones is 1. The van der Waals surface area contributed by atoms with Crippen LogP contribution in [-0.4, -0.2) is 32.8 Å². The van der Waals surface area contributed by atoms with Crippen molar-refractivity contribution in [2.75, 3.05) is 6.61 Å². The molecular formula is C16H14O6. The molecule has 0 saturated carbocycles. The molecule has 1 aliphatic rings. The van der Waals surface area contributed by atoms with Crippen molar-refractivity contribution < 1.29 is 30.0 Å². The largest absolute Gasteiger partial charge is 0.508 e. The quantitative estimate of drug-likeness (QED) is 0.632. The Balaban J connectivity index is 1.88. The number of rotatable bonds is 2. The number of benzene rings is 2. The Morgan fingerprint density at radius 3 is 2.50 bits per heavy atom. The van der Waals surface area contributed by atoms with Crippen LogP contribution in [0.2, 0.25) is 0 Å². The van der Waals surface area contributed by atoms with Gasteiger partial charge in [-0.05, 0) is 24.1 Å². The van der Waals surface area contributed by atoms with Gasteiger partial charge < -0.3 is 25.2 Å². The minimum absolute atomic E-state index is 0.0528. The van der Waals surface area contributed by atoms with E-state index in [0.717, 1.165) is 6.07 Å². The lowest BCUT2D eigenvalue weighted by molar-refractivity contribution is 0.0826. The van der Waals surface area contributed by atoms with Crippen LogP contribution in [0.3, 0.4) is 0 Å². The second kappa shape index (κ2) is 5.14. The van der Waals surface area contributed by atoms with Gasteiger partial charge in [0.05, 0.1) is 12.5 Å². The van der Waals surface area contributed by atoms with E-state index in [4.69, 9.17) is 4.74 Å². The van der Waals surface area contributed by atoms with Gasteiger partial charge in [-0.3, -0.25) is 4.79 Å². The van der Waals surface area contributed by atoms with Crippen molar-refractivity contribution >= 4 is 5.78 Å². The van der Waals surface area contributed by atoms with Gasteiger partial charge in [0.1, 0.15) is 22.8 Å². The smallest absolute Gasteiger partial charge is 0.177 e. The highest BCUT2D eigenvalue weighted by Crippen LogP contribution is 2.38. The number of hydrogen-bond acceptors (Lipinski definition) is 6. The molecule has 6 nitrogen and oxygen atoms in total. The average molecular weight is 302 g/mol. The zero-order chi connectivity index (χ0) is 15.9. The predicted molar refractivity (Wildman–Crippen MR) is 76.6 cm³/mol. The van der Waals surface area contributed by atoms with Crippen LogP contribution in [0.1, 0.15) is 15.9 Å². The topological polar surface area (TPSA) is 107 Å². The number of Topliss-reactive ketones (excluding diaryl/α,β-unsaturated/α-hetero) is 1. The SMILES string of the molecule is O=C1c2c(O)cc(O)cc2OC[C@@H]1Cc1ccc(O)c(O)c1. The Hall–Kier alpha value is -2.89. The lowest BCUT2D eigenvalue weighted by Gasteiger charge is -2.25. The second-order valence-corrected chi connectivity index (χ2v) is 5.24. The van der Waals surface area contributed by atoms with E-state index in [1.165, 1.54) is 18.2 Å². The molecule has 2 aromatic carbocycles. The summed E-state index contributed by atoms with van der Waals surface area (Å²) in [5.74, 6) is -1.63. The van der Waals surface area contributed by atoms with Gasteiger partial charge >= 0.3 is 0 Å². The summed E-state index contributed by atoms with van der Waals surface area (Å²) in [7, 11) is 0. The van der Waals surface area contributed by atoms with E-state index in [1.807, 2.05) is 0 Å². The number of carbonyl (C=O) groups is 1. The molecule has 0 saturated heterocycles. The third kappa shape index (κ3) is 2.39. The molecule has 2 aromatic rings. The zero-order valence-electron chi connectivity index (χ0n) is 11.5. The molecule has 0 amide bonds. The fourth-order valence-electron chi connectivity index (χ4n) is 2.55. The maximum Gasteiger partial charge on any atom is 0.177 e. The Bertz CT molecular complexity index is 753. The molecule has 22 heavy (non-hydrogen) atoms. The highest BCUT2D eigenvalue weighted by atomic mass is 16.5. The average Bonchev–Trinajstić information content (AvgIpc) is 2.45. The molecule has 1 heterocycles. The molecule has 114 valence electrons. The summed E-state index contributed by atoms with van der Waals surface area (Å²) in [5, 5.41) is 38.0. The first-order valence-electron chi connectivity index (χ1n) is 6.69. The summed E-state index contributed by atoms with van der Waals surface area (Å²) in [6.45, 7) is 0.108. The van der Waals surface area contributed by atoms with E-state index >= 15 is 0 Å². The Morgan fingerprint density at radius 2 is 1.77 bits per heavy atom. The zero-order valence-corrected chi connectivity index (χ0v) is 11.5. The van der Waals surface area contributed by atoms with Gasteiger partial charge in [-0.25, -0.2) is 0 Å². The number of hydrogen-bond donors (Lipinski definition) is 4. The third-order valence-electron chi connectivity index (χ3n) is 3.65. The first-order valence-corrected chi connectivity index (χ1v) is 6.69. The van der Waals surface area contributed by atoms with Crippen molar-refractivity contribution in [1.82, 2.24) is 0 Å². The van der Waals surface area contributed by atoms with Gasteiger partial charge in [0, 0.05) is 12.1 Å². The van der Waals surface area contributed by atoms with E-state index in [0.29, 0.717) is 12.0 Å². The van der Waals surface area contributed by atoms with Crippen LogP contribution in [-0.2, 0) is 6.42 Å². The van der Waals surface area contributed by atoms with Crippen LogP contribution < -0.4 is 4.74 Å².